The molecule has 1 aliphatic carbocycles. The smallest absolute Gasteiger partial charge is 0.0631 e. The molecule has 1 saturated carbocycles. The first-order chi connectivity index (χ1) is 6.87. The van der Waals surface area contributed by atoms with E-state index in [0.717, 1.165) is 0 Å². The quantitative estimate of drug-likeness (QED) is 0.692. The summed E-state index contributed by atoms with van der Waals surface area (Å²) in [5.41, 5.74) is 1.54. The lowest BCUT2D eigenvalue weighted by atomic mass is 9.77. The Morgan fingerprint density at radius 3 is 2.36 bits per heavy atom. The highest BCUT2D eigenvalue weighted by Gasteiger charge is 2.34. The highest BCUT2D eigenvalue weighted by Crippen LogP contribution is 2.43. The highest BCUT2D eigenvalue weighted by molar-refractivity contribution is 5.27. The van der Waals surface area contributed by atoms with Crippen LogP contribution in [0.5, 0.6) is 0 Å². The van der Waals surface area contributed by atoms with Gasteiger partial charge >= 0.3 is 0 Å². The summed E-state index contributed by atoms with van der Waals surface area (Å²) in [4.78, 5) is 0. The van der Waals surface area contributed by atoms with Crippen molar-refractivity contribution in [1.29, 1.82) is 5.26 Å². The fourth-order valence-electron chi connectivity index (χ4n) is 2.56. The molecule has 1 aliphatic rings. The van der Waals surface area contributed by atoms with Crippen LogP contribution in [0.25, 0.3) is 0 Å². The lowest BCUT2D eigenvalue weighted by Gasteiger charge is -2.26. The molecular formula is C13H15N. The summed E-state index contributed by atoms with van der Waals surface area (Å²) in [7, 11) is 0. The lowest BCUT2D eigenvalue weighted by Crippen LogP contribution is -2.20. The van der Waals surface area contributed by atoms with Gasteiger partial charge in [0.05, 0.1) is 6.07 Å². The molecule has 0 atom stereocenters. The molecule has 1 aromatic rings. The number of hydrogen-bond acceptors (Lipinski definition) is 1. The minimum Gasteiger partial charge on any atom is -0.198 e. The first-order valence-electron chi connectivity index (χ1n) is 5.30. The minimum atomic E-state index is 0.177. The van der Waals surface area contributed by atoms with Crippen LogP contribution >= 0.6 is 0 Å². The van der Waals surface area contributed by atoms with Gasteiger partial charge in [-0.2, -0.15) is 5.26 Å². The number of benzene rings is 1. The summed E-state index contributed by atoms with van der Waals surface area (Å²) >= 11 is 0. The molecule has 14 heavy (non-hydrogen) atoms. The van der Waals surface area contributed by atoms with Gasteiger partial charge in [0.2, 0.25) is 0 Å². The SMILES string of the molecule is N#CCC1(c2ccccc2)CCCC1. The maximum absolute atomic E-state index is 8.90. The van der Waals surface area contributed by atoms with Gasteiger partial charge in [-0.3, -0.25) is 0 Å². The third-order valence-electron chi connectivity index (χ3n) is 3.36. The largest absolute Gasteiger partial charge is 0.198 e. The molecule has 0 amide bonds. The number of nitriles is 1. The Balaban J connectivity index is 2.32. The Kier molecular flexibility index (Phi) is 2.54. The van der Waals surface area contributed by atoms with Gasteiger partial charge in [-0.1, -0.05) is 43.2 Å². The van der Waals surface area contributed by atoms with Crippen molar-refractivity contribution in [1.82, 2.24) is 0 Å². The Hall–Kier alpha value is -1.29. The molecule has 1 heteroatoms. The van der Waals surface area contributed by atoms with E-state index in [2.05, 4.69) is 30.3 Å². The van der Waals surface area contributed by atoms with Crippen LogP contribution in [0, 0.1) is 11.3 Å². The normalized spacial score (nSPS) is 19.1. The van der Waals surface area contributed by atoms with Gasteiger partial charge in [0.25, 0.3) is 0 Å². The van der Waals surface area contributed by atoms with Crippen LogP contribution in [-0.4, -0.2) is 0 Å². The van der Waals surface area contributed by atoms with Gasteiger partial charge in [-0.05, 0) is 18.4 Å². The highest BCUT2D eigenvalue weighted by atomic mass is 14.4. The summed E-state index contributed by atoms with van der Waals surface area (Å²) in [5, 5.41) is 8.90. The van der Waals surface area contributed by atoms with E-state index in [0.29, 0.717) is 6.42 Å². The second kappa shape index (κ2) is 3.84. The zero-order chi connectivity index (χ0) is 9.86. The lowest BCUT2D eigenvalue weighted by molar-refractivity contribution is 0.451. The van der Waals surface area contributed by atoms with E-state index in [1.54, 1.807) is 0 Å². The molecule has 0 N–H and O–H groups in total. The Morgan fingerprint density at radius 1 is 1.14 bits per heavy atom. The van der Waals surface area contributed by atoms with Gasteiger partial charge in [-0.15, -0.1) is 0 Å². The molecule has 1 aromatic carbocycles. The van der Waals surface area contributed by atoms with Crippen LogP contribution in [0.1, 0.15) is 37.7 Å². The molecule has 0 unspecified atom stereocenters. The fourth-order valence-corrected chi connectivity index (χ4v) is 2.56. The summed E-state index contributed by atoms with van der Waals surface area (Å²) < 4.78 is 0. The van der Waals surface area contributed by atoms with Gasteiger partial charge in [-0.25, -0.2) is 0 Å². The van der Waals surface area contributed by atoms with Crippen LogP contribution in [0.4, 0.5) is 0 Å². The van der Waals surface area contributed by atoms with Gasteiger partial charge in [0.1, 0.15) is 0 Å². The van der Waals surface area contributed by atoms with Crippen LogP contribution in [0.15, 0.2) is 30.3 Å². The Morgan fingerprint density at radius 2 is 1.79 bits per heavy atom. The van der Waals surface area contributed by atoms with E-state index in [9.17, 15) is 0 Å². The Bertz CT molecular complexity index is 328. The van der Waals surface area contributed by atoms with Gasteiger partial charge < -0.3 is 0 Å². The average molecular weight is 185 g/mol. The predicted molar refractivity (Wildman–Crippen MR) is 56.8 cm³/mol. The zero-order valence-corrected chi connectivity index (χ0v) is 8.37. The summed E-state index contributed by atoms with van der Waals surface area (Å²) in [6, 6.07) is 12.9. The molecule has 0 saturated heterocycles. The average Bonchev–Trinajstić information content (AvgIpc) is 2.70. The van der Waals surface area contributed by atoms with Crippen molar-refractivity contribution >= 4 is 0 Å². The molecular weight excluding hydrogens is 170 g/mol. The third kappa shape index (κ3) is 1.53. The number of nitrogens with zero attached hydrogens (tertiary/aromatic N) is 1. The van der Waals surface area contributed by atoms with E-state index >= 15 is 0 Å². The number of rotatable bonds is 2. The van der Waals surface area contributed by atoms with Crippen molar-refractivity contribution in [3.8, 4) is 6.07 Å². The van der Waals surface area contributed by atoms with Gasteiger partial charge in [0.15, 0.2) is 0 Å². The van der Waals surface area contributed by atoms with Crippen LogP contribution in [0.3, 0.4) is 0 Å². The first-order valence-corrected chi connectivity index (χ1v) is 5.30. The van der Waals surface area contributed by atoms with Crippen molar-refractivity contribution in [2.45, 2.75) is 37.5 Å². The molecule has 0 spiro atoms. The maximum Gasteiger partial charge on any atom is 0.0631 e. The molecule has 2 rings (SSSR count). The maximum atomic E-state index is 8.90. The topological polar surface area (TPSA) is 23.8 Å². The molecule has 1 fully saturated rings. The molecule has 0 aliphatic heterocycles. The number of hydrogen-bond donors (Lipinski definition) is 0. The van der Waals surface area contributed by atoms with Crippen LogP contribution in [0.2, 0.25) is 0 Å². The van der Waals surface area contributed by atoms with Crippen LogP contribution in [-0.2, 0) is 5.41 Å². The second-order valence-electron chi connectivity index (χ2n) is 4.19. The van der Waals surface area contributed by atoms with Gasteiger partial charge in [0, 0.05) is 11.8 Å². The molecule has 0 radical (unpaired) electrons. The fraction of sp³-hybridized carbons (Fsp3) is 0.462. The van der Waals surface area contributed by atoms with Crippen molar-refractivity contribution in [3.05, 3.63) is 35.9 Å². The molecule has 0 bridgehead atoms. The van der Waals surface area contributed by atoms with E-state index in [-0.39, 0.29) is 5.41 Å². The van der Waals surface area contributed by atoms with E-state index in [1.165, 1.54) is 31.2 Å². The standard InChI is InChI=1S/C13H15N/c14-11-10-13(8-4-5-9-13)12-6-2-1-3-7-12/h1-3,6-7H,4-5,8-10H2. The molecule has 0 aromatic heterocycles. The van der Waals surface area contributed by atoms with Crippen molar-refractivity contribution in [3.63, 3.8) is 0 Å². The summed E-state index contributed by atoms with van der Waals surface area (Å²) in [6.45, 7) is 0. The van der Waals surface area contributed by atoms with Crippen LogP contribution < -0.4 is 0 Å². The van der Waals surface area contributed by atoms with Crippen molar-refractivity contribution in [2.75, 3.05) is 0 Å². The summed E-state index contributed by atoms with van der Waals surface area (Å²) in [5.74, 6) is 0. The second-order valence-corrected chi connectivity index (χ2v) is 4.19. The zero-order valence-electron chi connectivity index (χ0n) is 8.37. The molecule has 72 valence electrons. The van der Waals surface area contributed by atoms with Crippen molar-refractivity contribution < 1.29 is 0 Å². The van der Waals surface area contributed by atoms with E-state index in [1.807, 2.05) is 6.07 Å². The third-order valence-corrected chi connectivity index (χ3v) is 3.36. The predicted octanol–water partition coefficient (Wildman–Crippen LogP) is 3.41. The molecule has 0 heterocycles. The summed E-state index contributed by atoms with van der Waals surface area (Å²) in [6.07, 6.45) is 5.60. The molecule has 1 nitrogen and oxygen atoms in total. The van der Waals surface area contributed by atoms with E-state index in [4.69, 9.17) is 5.26 Å². The van der Waals surface area contributed by atoms with Crippen molar-refractivity contribution in [2.24, 2.45) is 0 Å². The first kappa shape index (κ1) is 9.27. The van der Waals surface area contributed by atoms with E-state index < -0.39 is 0 Å². The minimum absolute atomic E-state index is 0.177. The Labute approximate surface area is 85.4 Å². The monoisotopic (exact) mass is 185 g/mol.